The zero-order chi connectivity index (χ0) is 11.4. The molecule has 2 aromatic rings. The van der Waals surface area contributed by atoms with Gasteiger partial charge in [0.15, 0.2) is 5.69 Å². The van der Waals surface area contributed by atoms with Gasteiger partial charge in [-0.05, 0) is 12.5 Å². The molecule has 4 nitrogen and oxygen atoms in total. The van der Waals surface area contributed by atoms with Crippen molar-refractivity contribution >= 4 is 10.9 Å². The smallest absolute Gasteiger partial charge is 0.170 e. The molecule has 15 heavy (non-hydrogen) atoms. The van der Waals surface area contributed by atoms with Crippen LogP contribution in [0.3, 0.4) is 0 Å². The predicted molar refractivity (Wildman–Crippen MR) is 59.3 cm³/mol. The summed E-state index contributed by atoms with van der Waals surface area (Å²) in [6.45, 7) is 5.93. The van der Waals surface area contributed by atoms with Gasteiger partial charge in [0.05, 0.1) is 11.7 Å². The fourth-order valence-corrected chi connectivity index (χ4v) is 1.44. The molecule has 0 fully saturated rings. The van der Waals surface area contributed by atoms with E-state index in [1.54, 1.807) is 17.1 Å². The molecule has 0 atom stereocenters. The molecule has 2 aromatic heterocycles. The molecule has 0 aromatic carbocycles. The minimum Gasteiger partial charge on any atom is -0.265 e. The summed E-state index contributed by atoms with van der Waals surface area (Å²) in [5, 5.41) is 13.8. The third-order valence-corrected chi connectivity index (χ3v) is 2.06. The van der Waals surface area contributed by atoms with Gasteiger partial charge in [0.2, 0.25) is 0 Å². The number of nitriles is 1. The maximum Gasteiger partial charge on any atom is 0.170 e. The highest BCUT2D eigenvalue weighted by Crippen LogP contribution is 2.19. The van der Waals surface area contributed by atoms with Gasteiger partial charge in [-0.15, -0.1) is 0 Å². The number of aryl methyl sites for hydroxylation is 2. The highest BCUT2D eigenvalue weighted by atomic mass is 15.3. The van der Waals surface area contributed by atoms with Gasteiger partial charge in [-0.25, -0.2) is 0 Å². The SMILES string of the molecule is CC.Cc1cncc2c1c(C#N)nn2C. The average Bonchev–Trinajstić information content (AvgIpc) is 2.60. The summed E-state index contributed by atoms with van der Waals surface area (Å²) in [5.74, 6) is 0. The number of fused-ring (bicyclic) bond motifs is 1. The first-order valence-electron chi connectivity index (χ1n) is 4.91. The van der Waals surface area contributed by atoms with E-state index in [9.17, 15) is 0 Å². The summed E-state index contributed by atoms with van der Waals surface area (Å²) < 4.78 is 1.67. The Balaban J connectivity index is 0.000000531. The van der Waals surface area contributed by atoms with Crippen LogP contribution in [-0.4, -0.2) is 14.8 Å². The third-order valence-electron chi connectivity index (χ3n) is 2.06. The highest BCUT2D eigenvalue weighted by molar-refractivity contribution is 5.86. The second-order valence-corrected chi connectivity index (χ2v) is 2.93. The maximum atomic E-state index is 8.83. The van der Waals surface area contributed by atoms with Gasteiger partial charge in [-0.3, -0.25) is 9.67 Å². The van der Waals surface area contributed by atoms with Crippen molar-refractivity contribution < 1.29 is 0 Å². The average molecular weight is 202 g/mol. The van der Waals surface area contributed by atoms with Gasteiger partial charge in [-0.2, -0.15) is 10.4 Å². The molecule has 0 amide bonds. The number of rotatable bonds is 0. The Morgan fingerprint density at radius 3 is 2.60 bits per heavy atom. The van der Waals surface area contributed by atoms with Crippen LogP contribution in [0.5, 0.6) is 0 Å². The van der Waals surface area contributed by atoms with Crippen molar-refractivity contribution in [3.05, 3.63) is 23.7 Å². The molecule has 78 valence electrons. The lowest BCUT2D eigenvalue weighted by molar-refractivity contribution is 0.790. The summed E-state index contributed by atoms with van der Waals surface area (Å²) in [6, 6.07) is 2.07. The van der Waals surface area contributed by atoms with Crippen LogP contribution >= 0.6 is 0 Å². The second-order valence-electron chi connectivity index (χ2n) is 2.93. The monoisotopic (exact) mass is 202 g/mol. The zero-order valence-electron chi connectivity index (χ0n) is 9.44. The van der Waals surface area contributed by atoms with E-state index in [0.717, 1.165) is 16.5 Å². The first-order chi connectivity index (χ1) is 7.24. The summed E-state index contributed by atoms with van der Waals surface area (Å²) in [7, 11) is 1.81. The van der Waals surface area contributed by atoms with Crippen molar-refractivity contribution in [2.24, 2.45) is 7.05 Å². The number of nitrogens with zero attached hydrogens (tertiary/aromatic N) is 4. The first-order valence-corrected chi connectivity index (χ1v) is 4.91. The molecular formula is C11H14N4. The molecule has 0 saturated heterocycles. The largest absolute Gasteiger partial charge is 0.265 e. The first kappa shape index (κ1) is 11.2. The van der Waals surface area contributed by atoms with Crippen LogP contribution in [0.15, 0.2) is 12.4 Å². The van der Waals surface area contributed by atoms with Crippen LogP contribution in [0, 0.1) is 18.3 Å². The van der Waals surface area contributed by atoms with Crippen molar-refractivity contribution in [1.82, 2.24) is 14.8 Å². The molecule has 0 saturated carbocycles. The fourth-order valence-electron chi connectivity index (χ4n) is 1.44. The van der Waals surface area contributed by atoms with Crippen LogP contribution < -0.4 is 0 Å². The van der Waals surface area contributed by atoms with Crippen LogP contribution in [0.1, 0.15) is 25.1 Å². The Morgan fingerprint density at radius 2 is 2.00 bits per heavy atom. The lowest BCUT2D eigenvalue weighted by atomic mass is 10.2. The van der Waals surface area contributed by atoms with Crippen LogP contribution in [0.4, 0.5) is 0 Å². The summed E-state index contributed by atoms with van der Waals surface area (Å²) >= 11 is 0. The Labute approximate surface area is 89.2 Å². The zero-order valence-corrected chi connectivity index (χ0v) is 9.44. The number of pyridine rings is 1. The molecule has 2 rings (SSSR count). The maximum absolute atomic E-state index is 8.83. The topological polar surface area (TPSA) is 54.5 Å². The summed E-state index contributed by atoms with van der Waals surface area (Å²) in [5.41, 5.74) is 2.36. The second kappa shape index (κ2) is 4.56. The van der Waals surface area contributed by atoms with E-state index in [2.05, 4.69) is 16.2 Å². The third kappa shape index (κ3) is 1.82. The van der Waals surface area contributed by atoms with Crippen LogP contribution in [0.2, 0.25) is 0 Å². The molecule has 0 N–H and O–H groups in total. The minimum atomic E-state index is 0.470. The van der Waals surface area contributed by atoms with E-state index in [-0.39, 0.29) is 0 Å². The van der Waals surface area contributed by atoms with E-state index >= 15 is 0 Å². The Hall–Kier alpha value is -1.89. The van der Waals surface area contributed by atoms with Crippen molar-refractivity contribution in [2.75, 3.05) is 0 Å². The normalized spacial score (nSPS) is 9.27. The Bertz CT molecular complexity index is 505. The number of hydrogen-bond donors (Lipinski definition) is 0. The Kier molecular flexibility index (Phi) is 3.40. The van der Waals surface area contributed by atoms with Crippen molar-refractivity contribution in [3.63, 3.8) is 0 Å². The number of hydrogen-bond acceptors (Lipinski definition) is 3. The molecule has 0 bridgehead atoms. The molecule has 0 spiro atoms. The molecule has 0 aliphatic heterocycles. The molecule has 4 heteroatoms. The van der Waals surface area contributed by atoms with Gasteiger partial charge < -0.3 is 0 Å². The molecule has 0 radical (unpaired) electrons. The molecule has 0 aliphatic carbocycles. The standard InChI is InChI=1S/C9H8N4.C2H6/c1-6-4-11-5-8-9(6)7(3-10)12-13(8)2;1-2/h4-5H,1-2H3;1-2H3. The summed E-state index contributed by atoms with van der Waals surface area (Å²) in [6.07, 6.45) is 3.46. The van der Waals surface area contributed by atoms with Gasteiger partial charge in [0, 0.05) is 18.6 Å². The van der Waals surface area contributed by atoms with Crippen LogP contribution in [0.25, 0.3) is 10.9 Å². The molecule has 2 heterocycles. The van der Waals surface area contributed by atoms with Crippen LogP contribution in [-0.2, 0) is 7.05 Å². The lowest BCUT2D eigenvalue weighted by Crippen LogP contribution is -1.89. The Morgan fingerprint density at radius 1 is 1.33 bits per heavy atom. The van der Waals surface area contributed by atoms with Gasteiger partial charge in [0.25, 0.3) is 0 Å². The van der Waals surface area contributed by atoms with Crippen molar-refractivity contribution in [1.29, 1.82) is 5.26 Å². The van der Waals surface area contributed by atoms with Gasteiger partial charge >= 0.3 is 0 Å². The highest BCUT2D eigenvalue weighted by Gasteiger charge is 2.09. The molecule has 0 unspecified atom stereocenters. The summed E-state index contributed by atoms with van der Waals surface area (Å²) in [4.78, 5) is 4.05. The number of aromatic nitrogens is 3. The van der Waals surface area contributed by atoms with E-state index in [1.807, 2.05) is 27.8 Å². The molecule has 0 aliphatic rings. The van der Waals surface area contributed by atoms with E-state index in [4.69, 9.17) is 5.26 Å². The minimum absolute atomic E-state index is 0.470. The molecular weight excluding hydrogens is 188 g/mol. The predicted octanol–water partition coefficient (Wildman–Crippen LogP) is 2.17. The quantitative estimate of drug-likeness (QED) is 0.658. The lowest BCUT2D eigenvalue weighted by Gasteiger charge is -1.94. The van der Waals surface area contributed by atoms with E-state index in [0.29, 0.717) is 5.69 Å². The van der Waals surface area contributed by atoms with Gasteiger partial charge in [-0.1, -0.05) is 13.8 Å². The van der Waals surface area contributed by atoms with Crippen molar-refractivity contribution in [2.45, 2.75) is 20.8 Å². The van der Waals surface area contributed by atoms with Gasteiger partial charge in [0.1, 0.15) is 6.07 Å². The van der Waals surface area contributed by atoms with E-state index in [1.165, 1.54) is 0 Å². The van der Waals surface area contributed by atoms with Crippen molar-refractivity contribution in [3.8, 4) is 6.07 Å². The van der Waals surface area contributed by atoms with E-state index < -0.39 is 0 Å². The fraction of sp³-hybridized carbons (Fsp3) is 0.364.